The molecule has 0 bridgehead atoms. The largest absolute Gasteiger partial charge is 0.382 e. The predicted molar refractivity (Wildman–Crippen MR) is 93.9 cm³/mol. The minimum absolute atomic E-state index is 0.439. The Labute approximate surface area is 135 Å². The van der Waals surface area contributed by atoms with Crippen LogP contribution in [-0.2, 0) is 0 Å². The first-order valence-corrected chi connectivity index (χ1v) is 7.32. The average molecular weight is 303 g/mol. The van der Waals surface area contributed by atoms with Crippen LogP contribution < -0.4 is 11.1 Å². The van der Waals surface area contributed by atoms with Crippen molar-refractivity contribution in [3.63, 3.8) is 0 Å². The van der Waals surface area contributed by atoms with E-state index in [1.54, 1.807) is 6.20 Å². The number of aldehydes is 1. The predicted octanol–water partition coefficient (Wildman–Crippen LogP) is 4.20. The van der Waals surface area contributed by atoms with Crippen LogP contribution in [-0.4, -0.2) is 11.3 Å². The van der Waals surface area contributed by atoms with Crippen LogP contribution in [0.25, 0.3) is 11.1 Å². The highest BCUT2D eigenvalue weighted by molar-refractivity contribution is 5.92. The van der Waals surface area contributed by atoms with Gasteiger partial charge in [-0.2, -0.15) is 0 Å². The summed E-state index contributed by atoms with van der Waals surface area (Å²) in [4.78, 5) is 15.5. The smallest absolute Gasteiger partial charge is 0.150 e. The number of aryl methyl sites for hydroxylation is 1. The van der Waals surface area contributed by atoms with Gasteiger partial charge in [-0.05, 0) is 30.2 Å². The molecule has 3 aromatic rings. The van der Waals surface area contributed by atoms with Crippen LogP contribution in [0.5, 0.6) is 0 Å². The Morgan fingerprint density at radius 1 is 1.00 bits per heavy atom. The van der Waals surface area contributed by atoms with Gasteiger partial charge in [0, 0.05) is 23.0 Å². The lowest BCUT2D eigenvalue weighted by Crippen LogP contribution is -2.01. The molecule has 23 heavy (non-hydrogen) atoms. The highest BCUT2D eigenvalue weighted by Crippen LogP contribution is 2.33. The molecule has 0 spiro atoms. The highest BCUT2D eigenvalue weighted by atomic mass is 16.1. The van der Waals surface area contributed by atoms with Crippen molar-refractivity contribution in [2.45, 2.75) is 6.92 Å². The van der Waals surface area contributed by atoms with Gasteiger partial charge in [-0.25, -0.2) is 4.98 Å². The van der Waals surface area contributed by atoms with Gasteiger partial charge in [0.25, 0.3) is 0 Å². The summed E-state index contributed by atoms with van der Waals surface area (Å²) >= 11 is 0. The van der Waals surface area contributed by atoms with E-state index in [1.165, 1.54) is 0 Å². The molecule has 0 radical (unpaired) electrons. The number of benzene rings is 2. The molecular weight excluding hydrogens is 286 g/mol. The maximum Gasteiger partial charge on any atom is 0.150 e. The number of nitrogens with one attached hydrogen (secondary N) is 1. The molecule has 1 aromatic heterocycles. The Balaban J connectivity index is 2.08. The fourth-order valence-electron chi connectivity index (χ4n) is 2.50. The molecule has 1 heterocycles. The molecule has 0 saturated heterocycles. The second kappa shape index (κ2) is 6.32. The number of nitrogens with two attached hydrogens (primary N) is 1. The Morgan fingerprint density at radius 3 is 2.48 bits per heavy atom. The summed E-state index contributed by atoms with van der Waals surface area (Å²) in [7, 11) is 0. The van der Waals surface area contributed by atoms with Crippen molar-refractivity contribution in [3.8, 4) is 11.1 Å². The molecule has 4 heteroatoms. The van der Waals surface area contributed by atoms with E-state index in [1.807, 2.05) is 61.5 Å². The maximum atomic E-state index is 11.3. The van der Waals surface area contributed by atoms with E-state index < -0.39 is 0 Å². The van der Waals surface area contributed by atoms with Crippen LogP contribution in [0.1, 0.15) is 15.9 Å². The zero-order valence-corrected chi connectivity index (χ0v) is 12.8. The van der Waals surface area contributed by atoms with Crippen molar-refractivity contribution in [3.05, 3.63) is 71.9 Å². The second-order valence-electron chi connectivity index (χ2n) is 5.32. The Kier molecular flexibility index (Phi) is 4.06. The van der Waals surface area contributed by atoms with Crippen LogP contribution in [0.15, 0.2) is 60.8 Å². The number of nitrogens with zero attached hydrogens (tertiary/aromatic N) is 1. The topological polar surface area (TPSA) is 68.0 Å². The molecule has 0 aliphatic rings. The molecular formula is C19H17N3O. The Morgan fingerprint density at radius 2 is 1.70 bits per heavy atom. The highest BCUT2D eigenvalue weighted by Gasteiger charge is 2.10. The van der Waals surface area contributed by atoms with Crippen LogP contribution in [0, 0.1) is 6.92 Å². The van der Waals surface area contributed by atoms with Gasteiger partial charge in [-0.1, -0.05) is 42.5 Å². The first-order chi connectivity index (χ1) is 11.2. The monoisotopic (exact) mass is 303 g/mol. The summed E-state index contributed by atoms with van der Waals surface area (Å²) in [6, 6.07) is 17.3. The lowest BCUT2D eigenvalue weighted by molar-refractivity contribution is 0.112. The molecule has 3 rings (SSSR count). The fraction of sp³-hybridized carbons (Fsp3) is 0.0526. The van der Waals surface area contributed by atoms with Crippen molar-refractivity contribution in [1.82, 2.24) is 4.98 Å². The van der Waals surface area contributed by atoms with Gasteiger partial charge < -0.3 is 11.1 Å². The normalized spacial score (nSPS) is 10.3. The number of para-hydroxylation sites is 1. The number of carbonyl (C=O) groups is 1. The second-order valence-corrected chi connectivity index (χ2v) is 5.32. The standard InChI is InChI=1S/C19H17N3O/c1-13-10-18(19(20)21-11-13)22-17-9-5-4-8-16(17)15-7-3-2-6-14(15)12-23/h2-12,22H,1H3,(H2,20,21). The van der Waals surface area contributed by atoms with Crippen molar-refractivity contribution >= 4 is 23.5 Å². The molecule has 0 aliphatic carbocycles. The Bertz CT molecular complexity index is 859. The summed E-state index contributed by atoms with van der Waals surface area (Å²) in [5.74, 6) is 0.439. The number of hydrogen-bond donors (Lipinski definition) is 2. The molecule has 0 aliphatic heterocycles. The molecule has 0 atom stereocenters. The number of hydrogen-bond acceptors (Lipinski definition) is 4. The van der Waals surface area contributed by atoms with E-state index >= 15 is 0 Å². The minimum atomic E-state index is 0.439. The molecule has 0 fully saturated rings. The van der Waals surface area contributed by atoms with E-state index in [0.717, 1.165) is 34.4 Å². The summed E-state index contributed by atoms with van der Waals surface area (Å²) in [6.07, 6.45) is 2.60. The van der Waals surface area contributed by atoms with Gasteiger partial charge in [0.15, 0.2) is 6.29 Å². The van der Waals surface area contributed by atoms with Crippen molar-refractivity contribution in [1.29, 1.82) is 0 Å². The molecule has 4 nitrogen and oxygen atoms in total. The fourth-order valence-corrected chi connectivity index (χ4v) is 2.50. The van der Waals surface area contributed by atoms with E-state index in [-0.39, 0.29) is 0 Å². The zero-order chi connectivity index (χ0) is 16.2. The summed E-state index contributed by atoms with van der Waals surface area (Å²) < 4.78 is 0. The minimum Gasteiger partial charge on any atom is -0.382 e. The van der Waals surface area contributed by atoms with Gasteiger partial charge in [0.2, 0.25) is 0 Å². The average Bonchev–Trinajstić information content (AvgIpc) is 2.58. The zero-order valence-electron chi connectivity index (χ0n) is 12.8. The third kappa shape index (κ3) is 3.06. The number of nitrogen functional groups attached to an aromatic ring is 1. The lowest BCUT2D eigenvalue weighted by Gasteiger charge is -2.15. The van der Waals surface area contributed by atoms with Gasteiger partial charge in [0.1, 0.15) is 5.82 Å². The number of carbonyl (C=O) groups excluding carboxylic acids is 1. The molecule has 0 saturated carbocycles. The molecule has 2 aromatic carbocycles. The number of pyridine rings is 1. The van der Waals surface area contributed by atoms with E-state index in [2.05, 4.69) is 10.3 Å². The van der Waals surface area contributed by atoms with E-state index in [9.17, 15) is 4.79 Å². The Hall–Kier alpha value is -3.14. The van der Waals surface area contributed by atoms with Crippen molar-refractivity contribution in [2.24, 2.45) is 0 Å². The first-order valence-electron chi connectivity index (χ1n) is 7.32. The quantitative estimate of drug-likeness (QED) is 0.709. The van der Waals surface area contributed by atoms with Crippen molar-refractivity contribution in [2.75, 3.05) is 11.1 Å². The number of aromatic nitrogens is 1. The van der Waals surface area contributed by atoms with Gasteiger partial charge in [-0.3, -0.25) is 4.79 Å². The number of anilines is 3. The molecule has 0 unspecified atom stereocenters. The first kappa shape index (κ1) is 14.8. The summed E-state index contributed by atoms with van der Waals surface area (Å²) in [5.41, 5.74) is 11.1. The molecule has 114 valence electrons. The van der Waals surface area contributed by atoms with Crippen LogP contribution in [0.2, 0.25) is 0 Å². The van der Waals surface area contributed by atoms with E-state index in [4.69, 9.17) is 5.73 Å². The van der Waals surface area contributed by atoms with Crippen molar-refractivity contribution < 1.29 is 4.79 Å². The van der Waals surface area contributed by atoms with Gasteiger partial charge in [-0.15, -0.1) is 0 Å². The van der Waals surface area contributed by atoms with Crippen LogP contribution in [0.3, 0.4) is 0 Å². The van der Waals surface area contributed by atoms with Gasteiger partial charge >= 0.3 is 0 Å². The summed E-state index contributed by atoms with van der Waals surface area (Å²) in [6.45, 7) is 1.96. The maximum absolute atomic E-state index is 11.3. The third-order valence-electron chi connectivity index (χ3n) is 3.63. The summed E-state index contributed by atoms with van der Waals surface area (Å²) in [5, 5.41) is 3.33. The third-order valence-corrected chi connectivity index (χ3v) is 3.63. The van der Waals surface area contributed by atoms with Gasteiger partial charge in [0.05, 0.1) is 5.69 Å². The van der Waals surface area contributed by atoms with Crippen LogP contribution in [0.4, 0.5) is 17.2 Å². The van der Waals surface area contributed by atoms with Crippen LogP contribution >= 0.6 is 0 Å². The number of rotatable bonds is 4. The van der Waals surface area contributed by atoms with E-state index in [0.29, 0.717) is 11.4 Å². The lowest BCUT2D eigenvalue weighted by atomic mass is 9.98. The molecule has 3 N–H and O–H groups in total. The molecule has 0 amide bonds. The SMILES string of the molecule is Cc1cnc(N)c(Nc2ccccc2-c2ccccc2C=O)c1.